The summed E-state index contributed by atoms with van der Waals surface area (Å²) in [4.78, 5) is 4.61. The molecule has 0 amide bonds. The summed E-state index contributed by atoms with van der Waals surface area (Å²) < 4.78 is 0. The number of aryl methyl sites for hydroxylation is 4. The van der Waals surface area contributed by atoms with Gasteiger partial charge in [-0.15, -0.1) is 0 Å². The molecule has 0 fully saturated rings. The van der Waals surface area contributed by atoms with Crippen molar-refractivity contribution in [3.8, 4) is 0 Å². The van der Waals surface area contributed by atoms with Gasteiger partial charge in [-0.3, -0.25) is 4.98 Å². The van der Waals surface area contributed by atoms with Crippen LogP contribution in [0.15, 0.2) is 30.3 Å². The lowest BCUT2D eigenvalue weighted by Crippen LogP contribution is -2.24. The summed E-state index contributed by atoms with van der Waals surface area (Å²) in [5, 5.41) is 3.69. The van der Waals surface area contributed by atoms with E-state index in [4.69, 9.17) is 0 Å². The maximum Gasteiger partial charge on any atom is 0.0426 e. The van der Waals surface area contributed by atoms with E-state index < -0.39 is 0 Å². The molecule has 0 spiro atoms. The number of benzene rings is 1. The molecule has 2 nitrogen and oxygen atoms in total. The summed E-state index contributed by atoms with van der Waals surface area (Å²) in [6, 6.07) is 11.5. The van der Waals surface area contributed by atoms with Crippen LogP contribution in [-0.4, -0.2) is 4.98 Å². The van der Waals surface area contributed by atoms with E-state index in [1.165, 1.54) is 22.3 Å². The highest BCUT2D eigenvalue weighted by molar-refractivity contribution is 5.34. The fourth-order valence-corrected chi connectivity index (χ4v) is 3.10. The maximum absolute atomic E-state index is 4.61. The molecule has 2 atom stereocenters. The van der Waals surface area contributed by atoms with E-state index >= 15 is 0 Å². The number of hydrogen-bond acceptors (Lipinski definition) is 2. The third-order valence-corrected chi connectivity index (χ3v) is 4.09. The lowest BCUT2D eigenvalue weighted by molar-refractivity contribution is 0.490. The van der Waals surface area contributed by atoms with Gasteiger partial charge in [0, 0.05) is 23.5 Å². The monoisotopic (exact) mass is 282 g/mol. The third kappa shape index (κ3) is 3.70. The van der Waals surface area contributed by atoms with Crippen molar-refractivity contribution in [2.45, 2.75) is 53.6 Å². The fourth-order valence-electron chi connectivity index (χ4n) is 3.10. The minimum Gasteiger partial charge on any atom is -0.304 e. The Balaban J connectivity index is 2.18. The first kappa shape index (κ1) is 15.7. The number of nitrogens with zero attached hydrogens (tertiary/aromatic N) is 1. The Morgan fingerprint density at radius 1 is 0.905 bits per heavy atom. The minimum atomic E-state index is 0.286. The Bertz CT molecular complexity index is 591. The summed E-state index contributed by atoms with van der Waals surface area (Å²) >= 11 is 0. The van der Waals surface area contributed by atoms with E-state index in [2.05, 4.69) is 82.2 Å². The van der Waals surface area contributed by atoms with E-state index in [1.54, 1.807) is 0 Å². The molecule has 21 heavy (non-hydrogen) atoms. The van der Waals surface area contributed by atoms with Crippen molar-refractivity contribution < 1.29 is 0 Å². The molecular weight excluding hydrogens is 256 g/mol. The minimum absolute atomic E-state index is 0.286. The smallest absolute Gasteiger partial charge is 0.0426 e. The first-order chi connectivity index (χ1) is 9.88. The van der Waals surface area contributed by atoms with Gasteiger partial charge in [0.25, 0.3) is 0 Å². The van der Waals surface area contributed by atoms with Crippen molar-refractivity contribution in [2.24, 2.45) is 0 Å². The van der Waals surface area contributed by atoms with Gasteiger partial charge in [-0.2, -0.15) is 0 Å². The summed E-state index contributed by atoms with van der Waals surface area (Å²) in [5.41, 5.74) is 7.48. The molecule has 1 heterocycles. The molecule has 2 rings (SSSR count). The standard InChI is InChI=1S/C19H26N2/c1-12-7-9-18(10-8-12)15(4)21-17(6)19-13(2)11-14(3)20-16(19)5/h7-11,15,17,21H,1-6H3/t15-,17?/m0/s1. The number of rotatable bonds is 4. The molecule has 0 aliphatic heterocycles. The third-order valence-electron chi connectivity index (χ3n) is 4.09. The first-order valence-electron chi connectivity index (χ1n) is 7.66. The molecule has 0 aliphatic carbocycles. The van der Waals surface area contributed by atoms with Crippen LogP contribution in [0.25, 0.3) is 0 Å². The van der Waals surface area contributed by atoms with E-state index in [-0.39, 0.29) is 6.04 Å². The highest BCUT2D eigenvalue weighted by Crippen LogP contribution is 2.24. The molecule has 0 saturated carbocycles. The lowest BCUT2D eigenvalue weighted by Gasteiger charge is -2.23. The van der Waals surface area contributed by atoms with Gasteiger partial charge in [0.15, 0.2) is 0 Å². The Hall–Kier alpha value is -1.67. The van der Waals surface area contributed by atoms with Crippen molar-refractivity contribution in [3.05, 3.63) is 64.0 Å². The van der Waals surface area contributed by atoms with Crippen LogP contribution in [-0.2, 0) is 0 Å². The molecule has 1 N–H and O–H groups in total. The average Bonchev–Trinajstić information content (AvgIpc) is 2.37. The van der Waals surface area contributed by atoms with Crippen molar-refractivity contribution in [1.82, 2.24) is 10.3 Å². The van der Waals surface area contributed by atoms with Crippen molar-refractivity contribution in [1.29, 1.82) is 0 Å². The number of hydrogen-bond donors (Lipinski definition) is 1. The van der Waals surface area contributed by atoms with Crippen LogP contribution in [0.3, 0.4) is 0 Å². The second kappa shape index (κ2) is 6.40. The highest BCUT2D eigenvalue weighted by Gasteiger charge is 2.16. The highest BCUT2D eigenvalue weighted by atomic mass is 14.9. The SMILES string of the molecule is Cc1ccc([C@H](C)NC(C)c2c(C)cc(C)nc2C)cc1. The zero-order valence-corrected chi connectivity index (χ0v) is 14.0. The van der Waals surface area contributed by atoms with E-state index in [1.807, 2.05) is 0 Å². The van der Waals surface area contributed by atoms with Gasteiger partial charge in [0.1, 0.15) is 0 Å². The van der Waals surface area contributed by atoms with Crippen molar-refractivity contribution in [3.63, 3.8) is 0 Å². The number of pyridine rings is 1. The van der Waals surface area contributed by atoms with Crippen LogP contribution < -0.4 is 5.32 Å². The molecule has 2 aromatic rings. The van der Waals surface area contributed by atoms with Crippen LogP contribution in [0.2, 0.25) is 0 Å². The van der Waals surface area contributed by atoms with Gasteiger partial charge in [0.2, 0.25) is 0 Å². The molecule has 1 aromatic carbocycles. The lowest BCUT2D eigenvalue weighted by atomic mass is 9.98. The van der Waals surface area contributed by atoms with Crippen LogP contribution in [0, 0.1) is 27.7 Å². The summed E-state index contributed by atoms with van der Waals surface area (Å²) in [5.74, 6) is 0. The summed E-state index contributed by atoms with van der Waals surface area (Å²) in [6.07, 6.45) is 0. The molecule has 0 radical (unpaired) electrons. The van der Waals surface area contributed by atoms with Gasteiger partial charge in [-0.1, -0.05) is 29.8 Å². The van der Waals surface area contributed by atoms with Crippen LogP contribution in [0.5, 0.6) is 0 Å². The number of nitrogens with one attached hydrogen (secondary N) is 1. The van der Waals surface area contributed by atoms with Crippen molar-refractivity contribution >= 4 is 0 Å². The summed E-state index contributed by atoms with van der Waals surface area (Å²) in [6.45, 7) is 12.9. The normalized spacial score (nSPS) is 14.0. The second-order valence-electron chi connectivity index (χ2n) is 6.10. The number of aromatic nitrogens is 1. The maximum atomic E-state index is 4.61. The molecule has 1 unspecified atom stereocenters. The summed E-state index contributed by atoms with van der Waals surface area (Å²) in [7, 11) is 0. The van der Waals surface area contributed by atoms with Crippen LogP contribution in [0.1, 0.15) is 59.6 Å². The quantitative estimate of drug-likeness (QED) is 0.877. The Kier molecular flexibility index (Phi) is 4.79. The fraction of sp³-hybridized carbons (Fsp3) is 0.421. The Morgan fingerprint density at radius 2 is 1.52 bits per heavy atom. The zero-order chi connectivity index (χ0) is 15.6. The molecule has 112 valence electrons. The van der Waals surface area contributed by atoms with Gasteiger partial charge in [-0.25, -0.2) is 0 Å². The molecule has 0 bridgehead atoms. The predicted molar refractivity (Wildman–Crippen MR) is 89.6 cm³/mol. The zero-order valence-electron chi connectivity index (χ0n) is 14.0. The van der Waals surface area contributed by atoms with Gasteiger partial charge >= 0.3 is 0 Å². The Labute approximate surface area is 128 Å². The van der Waals surface area contributed by atoms with Crippen LogP contribution >= 0.6 is 0 Å². The second-order valence-corrected chi connectivity index (χ2v) is 6.10. The predicted octanol–water partition coefficient (Wildman–Crippen LogP) is 4.73. The van der Waals surface area contributed by atoms with Crippen LogP contribution in [0.4, 0.5) is 0 Å². The molecule has 1 aromatic heterocycles. The Morgan fingerprint density at radius 3 is 2.10 bits per heavy atom. The average molecular weight is 282 g/mol. The molecule has 0 saturated heterocycles. The van der Waals surface area contributed by atoms with E-state index in [0.717, 1.165) is 11.4 Å². The van der Waals surface area contributed by atoms with Crippen molar-refractivity contribution in [2.75, 3.05) is 0 Å². The first-order valence-corrected chi connectivity index (χ1v) is 7.66. The van der Waals surface area contributed by atoms with Gasteiger partial charge in [-0.05, 0) is 64.3 Å². The largest absolute Gasteiger partial charge is 0.304 e. The molecule has 2 heteroatoms. The molecule has 0 aliphatic rings. The topological polar surface area (TPSA) is 24.9 Å². The van der Waals surface area contributed by atoms with E-state index in [0.29, 0.717) is 6.04 Å². The molecular formula is C19H26N2. The van der Waals surface area contributed by atoms with E-state index in [9.17, 15) is 0 Å². The van der Waals surface area contributed by atoms with Gasteiger partial charge < -0.3 is 5.32 Å². The van der Waals surface area contributed by atoms with Gasteiger partial charge in [0.05, 0.1) is 0 Å².